The molecule has 0 radical (unpaired) electrons. The number of benzene rings is 4. The van der Waals surface area contributed by atoms with E-state index in [9.17, 15) is 30.3 Å². The smallest absolute Gasteiger partial charge is 0.306 e. The molecule has 0 aliphatic carbocycles. The van der Waals surface area contributed by atoms with Gasteiger partial charge in [0.25, 0.3) is 0 Å². The summed E-state index contributed by atoms with van der Waals surface area (Å²) in [6.07, 6.45) is 3.08. The number of aliphatic hydroxyl groups excluding tert-OH is 2. The molecule has 70 heavy (non-hydrogen) atoms. The Bertz CT molecular complexity index is 2710. The number of aromatic nitrogens is 2. The topological polar surface area (TPSA) is 249 Å². The van der Waals surface area contributed by atoms with Crippen molar-refractivity contribution in [3.05, 3.63) is 163 Å². The summed E-state index contributed by atoms with van der Waals surface area (Å²) in [5.74, 6) is -0.678. The molecular formula is C52H50Cl2N6O10. The molecular weight excluding hydrogens is 940 g/mol. The lowest BCUT2D eigenvalue weighted by atomic mass is 9.92. The molecule has 0 bridgehead atoms. The quantitative estimate of drug-likeness (QED) is 0.0318. The van der Waals surface area contributed by atoms with Crippen molar-refractivity contribution in [3.63, 3.8) is 0 Å². The first-order valence-corrected chi connectivity index (χ1v) is 22.7. The van der Waals surface area contributed by atoms with Gasteiger partial charge in [0.2, 0.25) is 0 Å². The maximum Gasteiger partial charge on any atom is 0.306 e. The average Bonchev–Trinajstić information content (AvgIpc) is 3.33. The number of carboxylic acids is 2. The van der Waals surface area contributed by atoms with Gasteiger partial charge in [0.1, 0.15) is 61.6 Å². The Kier molecular flexibility index (Phi) is 18.9. The number of hydrogen-bond donors (Lipinski definition) is 6. The maximum atomic E-state index is 11.1. The van der Waals surface area contributed by atoms with E-state index in [0.717, 1.165) is 33.4 Å². The zero-order valence-electron chi connectivity index (χ0n) is 38.2. The van der Waals surface area contributed by atoms with E-state index in [1.807, 2.05) is 50.2 Å². The second kappa shape index (κ2) is 25.4. The predicted octanol–water partition coefficient (Wildman–Crippen LogP) is 7.98. The van der Waals surface area contributed by atoms with Crippen LogP contribution in [0.4, 0.5) is 0 Å². The number of nitrogens with zero attached hydrogens (tertiary/aromatic N) is 4. The Balaban J connectivity index is 1.18. The molecule has 362 valence electrons. The van der Waals surface area contributed by atoms with Crippen molar-refractivity contribution in [2.75, 3.05) is 13.1 Å². The van der Waals surface area contributed by atoms with Gasteiger partial charge >= 0.3 is 11.9 Å². The molecule has 0 saturated carbocycles. The Morgan fingerprint density at radius 2 is 0.986 bits per heavy atom. The number of aliphatic hydroxyl groups is 2. The Hall–Kier alpha value is -7.28. The van der Waals surface area contributed by atoms with Crippen LogP contribution in [0, 0.1) is 36.5 Å². The van der Waals surface area contributed by atoms with Gasteiger partial charge in [-0.25, -0.2) is 0 Å². The molecule has 0 saturated heterocycles. The van der Waals surface area contributed by atoms with E-state index in [1.54, 1.807) is 48.8 Å². The van der Waals surface area contributed by atoms with Crippen LogP contribution in [-0.2, 0) is 49.1 Å². The number of rotatable bonds is 25. The van der Waals surface area contributed by atoms with Crippen LogP contribution in [0.1, 0.15) is 68.5 Å². The van der Waals surface area contributed by atoms with E-state index in [-0.39, 0.29) is 52.6 Å². The number of carboxylic acid groups (broad SMARTS) is 2. The number of carbonyl (C=O) groups is 2. The maximum absolute atomic E-state index is 11.1. The van der Waals surface area contributed by atoms with Crippen LogP contribution in [-0.4, -0.2) is 67.6 Å². The van der Waals surface area contributed by atoms with Crippen LogP contribution >= 0.6 is 23.2 Å². The zero-order valence-corrected chi connectivity index (χ0v) is 39.8. The number of pyridine rings is 2. The van der Waals surface area contributed by atoms with Gasteiger partial charge in [0, 0.05) is 85.4 Å². The highest BCUT2D eigenvalue weighted by atomic mass is 35.5. The first-order chi connectivity index (χ1) is 33.7. The lowest BCUT2D eigenvalue weighted by Crippen LogP contribution is -2.28. The minimum Gasteiger partial charge on any atom is -0.488 e. The van der Waals surface area contributed by atoms with Crippen LogP contribution in [0.15, 0.2) is 97.6 Å². The molecule has 0 amide bonds. The summed E-state index contributed by atoms with van der Waals surface area (Å²) >= 11 is 13.6. The van der Waals surface area contributed by atoms with Crippen LogP contribution in [0.2, 0.25) is 10.0 Å². The van der Waals surface area contributed by atoms with Crippen molar-refractivity contribution >= 4 is 35.1 Å². The summed E-state index contributed by atoms with van der Waals surface area (Å²) in [7, 11) is 0. The second-order valence-corrected chi connectivity index (χ2v) is 17.1. The third-order valence-corrected chi connectivity index (χ3v) is 11.6. The third-order valence-electron chi connectivity index (χ3n) is 11.0. The van der Waals surface area contributed by atoms with Crippen LogP contribution in [0.5, 0.6) is 23.0 Å². The van der Waals surface area contributed by atoms with Gasteiger partial charge in [-0.2, -0.15) is 10.5 Å². The summed E-state index contributed by atoms with van der Waals surface area (Å²) in [4.78, 5) is 30.3. The molecule has 6 aromatic rings. The first kappa shape index (κ1) is 52.1. The summed E-state index contributed by atoms with van der Waals surface area (Å²) in [5.41, 5.74) is 9.05. The number of nitriles is 2. The molecule has 2 unspecified atom stereocenters. The Morgan fingerprint density at radius 3 is 1.37 bits per heavy atom. The lowest BCUT2D eigenvalue weighted by Gasteiger charge is -2.19. The summed E-state index contributed by atoms with van der Waals surface area (Å²) in [6.45, 7) is 4.95. The van der Waals surface area contributed by atoms with E-state index < -0.39 is 37.0 Å². The molecule has 18 heteroatoms. The summed E-state index contributed by atoms with van der Waals surface area (Å²) in [5, 5.41) is 63.7. The molecule has 16 nitrogen and oxygen atoms in total. The largest absolute Gasteiger partial charge is 0.488 e. The first-order valence-electron chi connectivity index (χ1n) is 21.9. The molecule has 2 atom stereocenters. The van der Waals surface area contributed by atoms with Crippen LogP contribution < -0.4 is 29.6 Å². The van der Waals surface area contributed by atoms with Gasteiger partial charge in [-0.3, -0.25) is 19.6 Å². The van der Waals surface area contributed by atoms with Gasteiger partial charge in [-0.1, -0.05) is 59.6 Å². The Morgan fingerprint density at radius 1 is 0.586 bits per heavy atom. The SMILES string of the molecule is Cc1c(COc2cc(OCc3cncc(C#N)c3)c(CNCC(O)CC(=O)O)cc2Cl)cccc1-c1cccc(COc2cc(OCc3cncc(C#N)c3)c(CNCC(O)CC(=O)O)cc2Cl)c1C. The lowest BCUT2D eigenvalue weighted by molar-refractivity contribution is -0.140. The fourth-order valence-electron chi connectivity index (χ4n) is 7.36. The number of aliphatic carboxylic acids is 2. The molecule has 4 aromatic carbocycles. The standard InChI is InChI=1S/C52H50Cl2N6O10/c1-31-37(29-69-49-15-47(67-27-35-9-33(17-55)19-57-21-35)39(11-45(49)53)23-59-25-41(61)13-51(63)64)5-3-7-43(31)44-8-4-6-38(32(44)2)30-70-50-16-48(68-28-36-10-34(18-56)20-58-22-36)40(12-46(50)54)24-60-26-42(62)14-52(65)66/h3-12,15-16,19-22,41-42,59-62H,13-14,23-30H2,1-2H3,(H,63,64)(H,65,66). The normalized spacial score (nSPS) is 11.8. The second-order valence-electron chi connectivity index (χ2n) is 16.3. The van der Waals surface area contributed by atoms with E-state index in [0.29, 0.717) is 66.4 Å². The molecule has 6 rings (SSSR count). The summed E-state index contributed by atoms with van der Waals surface area (Å²) < 4.78 is 25.1. The van der Waals surface area contributed by atoms with Gasteiger partial charge in [0.15, 0.2) is 0 Å². The van der Waals surface area contributed by atoms with E-state index in [2.05, 4.69) is 32.7 Å². The highest BCUT2D eigenvalue weighted by Crippen LogP contribution is 2.37. The van der Waals surface area contributed by atoms with Gasteiger partial charge in [-0.15, -0.1) is 0 Å². The van der Waals surface area contributed by atoms with Gasteiger partial charge in [-0.05, 0) is 71.5 Å². The van der Waals surface area contributed by atoms with Crippen LogP contribution in [0.3, 0.4) is 0 Å². The van der Waals surface area contributed by atoms with Crippen LogP contribution in [0.25, 0.3) is 11.1 Å². The highest BCUT2D eigenvalue weighted by molar-refractivity contribution is 6.32. The van der Waals surface area contributed by atoms with Crippen molar-refractivity contribution in [1.29, 1.82) is 10.5 Å². The van der Waals surface area contributed by atoms with Gasteiger partial charge < -0.3 is 50.0 Å². The van der Waals surface area contributed by atoms with Crippen molar-refractivity contribution in [1.82, 2.24) is 20.6 Å². The highest BCUT2D eigenvalue weighted by Gasteiger charge is 2.18. The van der Waals surface area contributed by atoms with E-state index >= 15 is 0 Å². The molecule has 2 heterocycles. The Labute approximate surface area is 414 Å². The monoisotopic (exact) mass is 988 g/mol. The third kappa shape index (κ3) is 14.9. The average molecular weight is 990 g/mol. The molecule has 0 aliphatic heterocycles. The van der Waals surface area contributed by atoms with E-state index in [1.165, 1.54) is 12.4 Å². The fourth-order valence-corrected chi connectivity index (χ4v) is 7.85. The predicted molar refractivity (Wildman–Crippen MR) is 259 cm³/mol. The zero-order chi connectivity index (χ0) is 50.2. The summed E-state index contributed by atoms with van der Waals surface area (Å²) in [6, 6.07) is 26.1. The molecule has 0 spiro atoms. The molecule has 0 fully saturated rings. The molecule has 6 N–H and O–H groups in total. The number of halogens is 2. The number of ether oxygens (including phenoxy) is 4. The number of nitrogens with one attached hydrogen (secondary N) is 2. The van der Waals surface area contributed by atoms with Crippen molar-refractivity contribution in [3.8, 4) is 46.3 Å². The fraction of sp³-hybridized carbons (Fsp3) is 0.269. The van der Waals surface area contributed by atoms with Crippen molar-refractivity contribution in [2.45, 2.75) is 78.4 Å². The molecule has 2 aromatic heterocycles. The number of hydrogen-bond acceptors (Lipinski definition) is 14. The van der Waals surface area contributed by atoms with Gasteiger partial charge in [0.05, 0.1) is 46.2 Å². The van der Waals surface area contributed by atoms with E-state index in [4.69, 9.17) is 52.4 Å². The van der Waals surface area contributed by atoms with Crippen molar-refractivity contribution < 1.29 is 49.0 Å². The molecule has 0 aliphatic rings. The minimum atomic E-state index is -1.11. The van der Waals surface area contributed by atoms with Crippen molar-refractivity contribution in [2.24, 2.45) is 0 Å². The minimum absolute atomic E-state index is 0.0204.